The molecule has 9 heteroatoms. The van der Waals surface area contributed by atoms with Crippen molar-refractivity contribution in [2.75, 3.05) is 34.5 Å². The Bertz CT molecular complexity index is 1160. The number of methoxy groups -OCH3 is 3. The number of aliphatic carboxylic acids is 1. The molecule has 212 valence electrons. The van der Waals surface area contributed by atoms with Crippen LogP contribution in [0.5, 0.6) is 11.5 Å². The molecule has 9 nitrogen and oxygen atoms in total. The molecular formula is C30H40N2O7. The van der Waals surface area contributed by atoms with Crippen molar-refractivity contribution < 1.29 is 33.6 Å². The fourth-order valence-corrected chi connectivity index (χ4v) is 5.45. The van der Waals surface area contributed by atoms with Crippen LogP contribution in [0.3, 0.4) is 0 Å². The Balaban J connectivity index is 1.59. The number of nitrogens with zero attached hydrogens (tertiary/aromatic N) is 1. The van der Waals surface area contributed by atoms with E-state index in [4.69, 9.17) is 18.9 Å². The van der Waals surface area contributed by atoms with Gasteiger partial charge in [-0.15, -0.1) is 0 Å². The number of amides is 2. The zero-order valence-electron chi connectivity index (χ0n) is 23.5. The van der Waals surface area contributed by atoms with Crippen LogP contribution in [-0.4, -0.2) is 68.1 Å². The van der Waals surface area contributed by atoms with Crippen molar-refractivity contribution in [1.82, 2.24) is 10.2 Å². The zero-order chi connectivity index (χ0) is 28.2. The molecule has 0 bridgehead atoms. The second-order valence-electron chi connectivity index (χ2n) is 10.5. The molecule has 0 aromatic heterocycles. The molecule has 0 heterocycles. The SMILES string of the molecule is COc1cc(C(C)N(CCOCc2ccccc2)C(=O)NC2(C(=O)O)CC(OC)C2)c(C)c(OC)c1C1CC1. The molecule has 2 aliphatic rings. The number of carboxylic acids is 1. The molecule has 0 aliphatic heterocycles. The van der Waals surface area contributed by atoms with Gasteiger partial charge < -0.3 is 34.3 Å². The predicted octanol–water partition coefficient (Wildman–Crippen LogP) is 4.81. The van der Waals surface area contributed by atoms with Crippen molar-refractivity contribution >= 4 is 12.0 Å². The first kappa shape index (κ1) is 28.7. The predicted molar refractivity (Wildman–Crippen MR) is 146 cm³/mol. The first-order chi connectivity index (χ1) is 18.7. The van der Waals surface area contributed by atoms with E-state index in [9.17, 15) is 14.7 Å². The van der Waals surface area contributed by atoms with E-state index in [1.807, 2.05) is 50.2 Å². The Morgan fingerprint density at radius 1 is 1.13 bits per heavy atom. The molecule has 2 saturated carbocycles. The smallest absolute Gasteiger partial charge is 0.329 e. The largest absolute Gasteiger partial charge is 0.496 e. The highest BCUT2D eigenvalue weighted by Crippen LogP contribution is 2.51. The maximum Gasteiger partial charge on any atom is 0.329 e. The monoisotopic (exact) mass is 540 g/mol. The van der Waals surface area contributed by atoms with Gasteiger partial charge in [0.2, 0.25) is 0 Å². The highest BCUT2D eigenvalue weighted by Gasteiger charge is 2.52. The number of rotatable bonds is 13. The number of carbonyl (C=O) groups is 2. The minimum Gasteiger partial charge on any atom is -0.496 e. The molecule has 0 spiro atoms. The first-order valence-corrected chi connectivity index (χ1v) is 13.5. The molecule has 2 fully saturated rings. The molecule has 0 radical (unpaired) electrons. The second kappa shape index (κ2) is 12.3. The van der Waals surface area contributed by atoms with E-state index in [-0.39, 0.29) is 32.1 Å². The van der Waals surface area contributed by atoms with Crippen molar-refractivity contribution in [3.05, 3.63) is 58.7 Å². The van der Waals surface area contributed by atoms with E-state index < -0.39 is 23.6 Å². The van der Waals surface area contributed by atoms with Gasteiger partial charge in [0, 0.05) is 32.1 Å². The standard InChI is InChI=1S/C30H40N2O7/c1-19-24(15-25(37-4)26(22-11-12-22)27(19)38-5)20(2)32(13-14-39-18-21-9-7-6-8-10-21)29(35)31-30(28(33)34)16-23(17-30)36-3/h6-10,15,20,22-23H,11-14,16-18H2,1-5H3,(H,31,35)(H,33,34). The second-order valence-corrected chi connectivity index (χ2v) is 10.5. The summed E-state index contributed by atoms with van der Waals surface area (Å²) in [4.78, 5) is 27.5. The number of ether oxygens (including phenoxy) is 4. The minimum atomic E-state index is -1.36. The van der Waals surface area contributed by atoms with E-state index in [1.165, 1.54) is 0 Å². The molecule has 2 N–H and O–H groups in total. The summed E-state index contributed by atoms with van der Waals surface area (Å²) < 4.78 is 22.8. The van der Waals surface area contributed by atoms with Crippen LogP contribution in [0.1, 0.15) is 66.8 Å². The first-order valence-electron chi connectivity index (χ1n) is 13.5. The van der Waals surface area contributed by atoms with Crippen molar-refractivity contribution in [3.63, 3.8) is 0 Å². The number of hydrogen-bond acceptors (Lipinski definition) is 6. The number of carboxylic acid groups (broad SMARTS) is 1. The van der Waals surface area contributed by atoms with Gasteiger partial charge in [-0.1, -0.05) is 30.3 Å². The van der Waals surface area contributed by atoms with Crippen LogP contribution in [-0.2, 0) is 20.9 Å². The van der Waals surface area contributed by atoms with Crippen LogP contribution in [0.2, 0.25) is 0 Å². The van der Waals surface area contributed by atoms with E-state index in [1.54, 1.807) is 26.2 Å². The molecule has 2 amide bonds. The Hall–Kier alpha value is -3.30. The number of hydrogen-bond donors (Lipinski definition) is 2. The average Bonchev–Trinajstić information content (AvgIpc) is 3.75. The topological polar surface area (TPSA) is 107 Å². The molecule has 0 saturated heterocycles. The van der Waals surface area contributed by atoms with Gasteiger partial charge in [-0.3, -0.25) is 0 Å². The third kappa shape index (κ3) is 6.15. The summed E-state index contributed by atoms with van der Waals surface area (Å²) in [7, 11) is 4.85. The summed E-state index contributed by atoms with van der Waals surface area (Å²) in [5, 5.41) is 12.8. The molecule has 1 atom stereocenters. The Labute approximate surface area is 230 Å². The maximum absolute atomic E-state index is 13.7. The summed E-state index contributed by atoms with van der Waals surface area (Å²) in [5.41, 5.74) is 2.56. The Morgan fingerprint density at radius 2 is 1.82 bits per heavy atom. The van der Waals surface area contributed by atoms with Gasteiger partial charge in [0.15, 0.2) is 0 Å². The van der Waals surface area contributed by atoms with Crippen molar-refractivity contribution in [1.29, 1.82) is 0 Å². The lowest BCUT2D eigenvalue weighted by Crippen LogP contribution is -2.66. The molecule has 2 aliphatic carbocycles. The van der Waals surface area contributed by atoms with Gasteiger partial charge in [-0.05, 0) is 55.4 Å². The lowest BCUT2D eigenvalue weighted by atomic mass is 9.74. The zero-order valence-corrected chi connectivity index (χ0v) is 23.5. The molecule has 1 unspecified atom stereocenters. The lowest BCUT2D eigenvalue weighted by Gasteiger charge is -2.45. The number of nitrogens with one attached hydrogen (secondary N) is 1. The number of benzene rings is 2. The molecule has 2 aromatic rings. The van der Waals surface area contributed by atoms with Crippen LogP contribution in [0.15, 0.2) is 36.4 Å². The van der Waals surface area contributed by atoms with E-state index in [2.05, 4.69) is 5.32 Å². The van der Waals surface area contributed by atoms with Crippen molar-refractivity contribution in [2.45, 2.75) is 69.7 Å². The van der Waals surface area contributed by atoms with Crippen LogP contribution in [0.4, 0.5) is 4.79 Å². The fourth-order valence-electron chi connectivity index (χ4n) is 5.45. The summed E-state index contributed by atoms with van der Waals surface area (Å²) in [6.07, 6.45) is 2.41. The molecule has 4 rings (SSSR count). The average molecular weight is 541 g/mol. The van der Waals surface area contributed by atoms with Crippen LogP contribution < -0.4 is 14.8 Å². The maximum atomic E-state index is 13.7. The van der Waals surface area contributed by atoms with Crippen molar-refractivity contribution in [3.8, 4) is 11.5 Å². The fraction of sp³-hybridized carbons (Fsp3) is 0.533. The van der Waals surface area contributed by atoms with E-state index in [0.29, 0.717) is 12.5 Å². The molecular weight excluding hydrogens is 500 g/mol. The van der Waals surface area contributed by atoms with Crippen LogP contribution in [0, 0.1) is 6.92 Å². The Kier molecular flexibility index (Phi) is 9.02. The van der Waals surface area contributed by atoms with Gasteiger partial charge in [0.25, 0.3) is 0 Å². The molecule has 39 heavy (non-hydrogen) atoms. The highest BCUT2D eigenvalue weighted by molar-refractivity contribution is 5.87. The van der Waals surface area contributed by atoms with Gasteiger partial charge in [0.1, 0.15) is 17.0 Å². The summed E-state index contributed by atoms with van der Waals surface area (Å²) in [6, 6.07) is 10.9. The van der Waals surface area contributed by atoms with Crippen LogP contribution in [0.25, 0.3) is 0 Å². The van der Waals surface area contributed by atoms with Gasteiger partial charge >= 0.3 is 12.0 Å². The summed E-state index contributed by atoms with van der Waals surface area (Å²) in [6.45, 7) is 4.88. The molecule has 2 aromatic carbocycles. The normalized spacial score (nSPS) is 21.0. The number of urea groups is 1. The van der Waals surface area contributed by atoms with E-state index >= 15 is 0 Å². The summed E-state index contributed by atoms with van der Waals surface area (Å²) in [5.74, 6) is 0.867. The lowest BCUT2D eigenvalue weighted by molar-refractivity contribution is -0.155. The number of carbonyl (C=O) groups excluding carboxylic acids is 1. The van der Waals surface area contributed by atoms with Gasteiger partial charge in [-0.2, -0.15) is 0 Å². The minimum absolute atomic E-state index is 0.202. The summed E-state index contributed by atoms with van der Waals surface area (Å²) >= 11 is 0. The van der Waals surface area contributed by atoms with Gasteiger partial charge in [-0.25, -0.2) is 9.59 Å². The van der Waals surface area contributed by atoms with Crippen molar-refractivity contribution in [2.24, 2.45) is 0 Å². The Morgan fingerprint density at radius 3 is 2.38 bits per heavy atom. The van der Waals surface area contributed by atoms with Gasteiger partial charge in [0.05, 0.1) is 39.6 Å². The van der Waals surface area contributed by atoms with Crippen LogP contribution >= 0.6 is 0 Å². The quantitative estimate of drug-likeness (QED) is 0.351. The highest BCUT2D eigenvalue weighted by atomic mass is 16.5. The third-order valence-corrected chi connectivity index (χ3v) is 7.99. The third-order valence-electron chi connectivity index (χ3n) is 7.99. The van der Waals surface area contributed by atoms with E-state index in [0.717, 1.165) is 46.6 Å².